The van der Waals surface area contributed by atoms with E-state index in [4.69, 9.17) is 0 Å². The monoisotopic (exact) mass is 180 g/mol. The lowest BCUT2D eigenvalue weighted by Crippen LogP contribution is -2.03. The smallest absolute Gasteiger partial charge is 0.101 e. The molecule has 0 spiro atoms. The Kier molecular flexibility index (Phi) is 2.12. The van der Waals surface area contributed by atoms with Crippen LogP contribution >= 0.6 is 0 Å². The van der Waals surface area contributed by atoms with Crippen LogP contribution in [0.1, 0.15) is 31.6 Å². The molecule has 0 aromatic carbocycles. The van der Waals surface area contributed by atoms with Gasteiger partial charge in [-0.2, -0.15) is 5.10 Å². The zero-order valence-corrected chi connectivity index (χ0v) is 8.14. The molecule has 3 nitrogen and oxygen atoms in total. The van der Waals surface area contributed by atoms with Crippen LogP contribution in [0.5, 0.6) is 0 Å². The van der Waals surface area contributed by atoms with Gasteiger partial charge < -0.3 is 5.11 Å². The lowest BCUT2D eigenvalue weighted by Gasteiger charge is -2.05. The maximum absolute atomic E-state index is 9.90. The number of nitrogens with zero attached hydrogens (tertiary/aromatic N) is 2. The minimum absolute atomic E-state index is 0.342. The van der Waals surface area contributed by atoms with Gasteiger partial charge in [0.1, 0.15) is 6.10 Å². The minimum Gasteiger partial charge on any atom is -0.386 e. The van der Waals surface area contributed by atoms with Gasteiger partial charge in [0.2, 0.25) is 0 Å². The summed E-state index contributed by atoms with van der Waals surface area (Å²) in [7, 11) is 1.88. The molecule has 3 heteroatoms. The number of rotatable bonds is 3. The van der Waals surface area contributed by atoms with Crippen molar-refractivity contribution in [1.82, 2.24) is 9.78 Å². The highest BCUT2D eigenvalue weighted by Crippen LogP contribution is 2.48. The van der Waals surface area contributed by atoms with Crippen molar-refractivity contribution in [2.75, 3.05) is 0 Å². The molecule has 3 atom stereocenters. The molecule has 0 amide bonds. The van der Waals surface area contributed by atoms with E-state index < -0.39 is 0 Å². The first-order chi connectivity index (χ1) is 6.22. The van der Waals surface area contributed by atoms with Crippen molar-refractivity contribution >= 4 is 0 Å². The number of hydrogen-bond donors (Lipinski definition) is 1. The van der Waals surface area contributed by atoms with E-state index in [0.29, 0.717) is 5.92 Å². The fourth-order valence-corrected chi connectivity index (χ4v) is 1.94. The van der Waals surface area contributed by atoms with Crippen LogP contribution in [0.4, 0.5) is 0 Å². The Balaban J connectivity index is 2.02. The highest BCUT2D eigenvalue weighted by atomic mass is 16.3. The summed E-state index contributed by atoms with van der Waals surface area (Å²) in [6.07, 6.45) is 3.87. The first-order valence-corrected chi connectivity index (χ1v) is 4.90. The molecule has 0 saturated heterocycles. The molecular weight excluding hydrogens is 164 g/mol. The summed E-state index contributed by atoms with van der Waals surface area (Å²) in [6.45, 7) is 2.18. The lowest BCUT2D eigenvalue weighted by molar-refractivity contribution is 0.141. The maximum Gasteiger partial charge on any atom is 0.101 e. The van der Waals surface area contributed by atoms with E-state index in [0.717, 1.165) is 18.0 Å². The van der Waals surface area contributed by atoms with Gasteiger partial charge in [-0.3, -0.25) is 4.68 Å². The van der Waals surface area contributed by atoms with Gasteiger partial charge in [0.15, 0.2) is 0 Å². The molecule has 0 radical (unpaired) electrons. The number of aliphatic hydroxyl groups is 1. The summed E-state index contributed by atoms with van der Waals surface area (Å²) in [5, 5.41) is 14.1. The van der Waals surface area contributed by atoms with Gasteiger partial charge in [0, 0.05) is 13.2 Å². The van der Waals surface area contributed by atoms with E-state index in [1.54, 1.807) is 4.68 Å². The number of hydrogen-bond acceptors (Lipinski definition) is 2. The van der Waals surface area contributed by atoms with Crippen LogP contribution < -0.4 is 0 Å². The predicted octanol–water partition coefficient (Wildman–Crippen LogP) is 1.50. The van der Waals surface area contributed by atoms with Gasteiger partial charge in [-0.25, -0.2) is 0 Å². The van der Waals surface area contributed by atoms with Crippen LogP contribution in [0.3, 0.4) is 0 Å². The van der Waals surface area contributed by atoms with Crippen LogP contribution in [0.25, 0.3) is 0 Å². The van der Waals surface area contributed by atoms with E-state index >= 15 is 0 Å². The summed E-state index contributed by atoms with van der Waals surface area (Å²) in [5.74, 6) is 1.18. The van der Waals surface area contributed by atoms with Gasteiger partial charge in [-0.1, -0.05) is 13.3 Å². The highest BCUT2D eigenvalue weighted by molar-refractivity contribution is 5.08. The second kappa shape index (κ2) is 3.14. The summed E-state index contributed by atoms with van der Waals surface area (Å²) < 4.78 is 1.74. The molecule has 1 aliphatic rings. The SMILES string of the molecule is CC[C@@H]1C[C@H]1C(O)c1ccn(C)n1. The third-order valence-corrected chi connectivity index (χ3v) is 2.94. The second-order valence-electron chi connectivity index (χ2n) is 3.93. The Morgan fingerprint density at radius 2 is 2.54 bits per heavy atom. The van der Waals surface area contributed by atoms with Gasteiger partial charge in [0.05, 0.1) is 5.69 Å². The zero-order valence-electron chi connectivity index (χ0n) is 8.14. The molecule has 1 heterocycles. The molecule has 0 bridgehead atoms. The van der Waals surface area contributed by atoms with Crippen molar-refractivity contribution in [3.8, 4) is 0 Å². The zero-order chi connectivity index (χ0) is 9.42. The Bertz CT molecular complexity index is 295. The fraction of sp³-hybridized carbons (Fsp3) is 0.700. The third-order valence-electron chi connectivity index (χ3n) is 2.94. The molecule has 1 aromatic heterocycles. The van der Waals surface area contributed by atoms with Gasteiger partial charge in [0.25, 0.3) is 0 Å². The van der Waals surface area contributed by atoms with Crippen LogP contribution in [0, 0.1) is 11.8 Å². The largest absolute Gasteiger partial charge is 0.386 e. The first-order valence-electron chi connectivity index (χ1n) is 4.90. The van der Waals surface area contributed by atoms with Crippen molar-refractivity contribution in [2.24, 2.45) is 18.9 Å². The molecule has 1 aromatic rings. The molecule has 72 valence electrons. The lowest BCUT2D eigenvalue weighted by atomic mass is 10.1. The van der Waals surface area contributed by atoms with Crippen molar-refractivity contribution < 1.29 is 5.11 Å². The van der Waals surface area contributed by atoms with E-state index in [2.05, 4.69) is 12.0 Å². The van der Waals surface area contributed by atoms with E-state index in [9.17, 15) is 5.11 Å². The minimum atomic E-state index is -0.342. The molecule has 13 heavy (non-hydrogen) atoms. The Labute approximate surface area is 78.4 Å². The van der Waals surface area contributed by atoms with Gasteiger partial charge in [-0.05, 0) is 24.3 Å². The average Bonchev–Trinajstić information content (AvgIpc) is 2.80. The van der Waals surface area contributed by atoms with Crippen molar-refractivity contribution in [3.05, 3.63) is 18.0 Å². The molecule has 1 saturated carbocycles. The molecule has 0 aliphatic heterocycles. The standard InChI is InChI=1S/C10H16N2O/c1-3-7-6-8(7)10(13)9-4-5-12(2)11-9/h4-5,7-8,10,13H,3,6H2,1-2H3/t7-,8-,10?/m1/s1. The van der Waals surface area contributed by atoms with E-state index in [1.807, 2.05) is 19.3 Å². The summed E-state index contributed by atoms with van der Waals surface area (Å²) in [6, 6.07) is 1.90. The quantitative estimate of drug-likeness (QED) is 0.765. The fourth-order valence-electron chi connectivity index (χ4n) is 1.94. The molecule has 2 rings (SSSR count). The Hall–Kier alpha value is -0.830. The number of aliphatic hydroxyl groups excluding tert-OH is 1. The van der Waals surface area contributed by atoms with Gasteiger partial charge in [-0.15, -0.1) is 0 Å². The van der Waals surface area contributed by atoms with Crippen LogP contribution in [0.15, 0.2) is 12.3 Å². The highest BCUT2D eigenvalue weighted by Gasteiger charge is 2.42. The molecule has 1 N–H and O–H groups in total. The average molecular weight is 180 g/mol. The van der Waals surface area contributed by atoms with Crippen LogP contribution in [-0.4, -0.2) is 14.9 Å². The topological polar surface area (TPSA) is 38.0 Å². The predicted molar refractivity (Wildman–Crippen MR) is 50.1 cm³/mol. The Morgan fingerprint density at radius 3 is 3.00 bits per heavy atom. The summed E-state index contributed by atoms with van der Waals surface area (Å²) >= 11 is 0. The summed E-state index contributed by atoms with van der Waals surface area (Å²) in [4.78, 5) is 0. The van der Waals surface area contributed by atoms with Crippen LogP contribution in [0.2, 0.25) is 0 Å². The Morgan fingerprint density at radius 1 is 1.77 bits per heavy atom. The summed E-state index contributed by atoms with van der Waals surface area (Å²) in [5.41, 5.74) is 0.823. The third kappa shape index (κ3) is 1.61. The van der Waals surface area contributed by atoms with Gasteiger partial charge >= 0.3 is 0 Å². The molecular formula is C10H16N2O. The van der Waals surface area contributed by atoms with E-state index in [1.165, 1.54) is 6.42 Å². The maximum atomic E-state index is 9.90. The van der Waals surface area contributed by atoms with Crippen molar-refractivity contribution in [1.29, 1.82) is 0 Å². The van der Waals surface area contributed by atoms with Crippen molar-refractivity contribution in [3.63, 3.8) is 0 Å². The number of aryl methyl sites for hydroxylation is 1. The van der Waals surface area contributed by atoms with E-state index in [-0.39, 0.29) is 6.10 Å². The number of aromatic nitrogens is 2. The molecule has 1 fully saturated rings. The molecule has 1 unspecified atom stereocenters. The van der Waals surface area contributed by atoms with Crippen LogP contribution in [-0.2, 0) is 7.05 Å². The molecule has 1 aliphatic carbocycles. The normalized spacial score (nSPS) is 28.8. The first kappa shape index (κ1) is 8.75. The van der Waals surface area contributed by atoms with Crippen molar-refractivity contribution in [2.45, 2.75) is 25.9 Å². The second-order valence-corrected chi connectivity index (χ2v) is 3.93.